The van der Waals surface area contributed by atoms with Gasteiger partial charge in [0, 0.05) is 26.0 Å². The fourth-order valence-corrected chi connectivity index (χ4v) is 3.36. The highest BCUT2D eigenvalue weighted by atomic mass is 32.2. The summed E-state index contributed by atoms with van der Waals surface area (Å²) in [4.78, 5) is 6.52. The molecule has 1 aromatic rings. The Morgan fingerprint density at radius 2 is 2.11 bits per heavy atom. The van der Waals surface area contributed by atoms with Crippen LogP contribution in [0.25, 0.3) is 0 Å². The maximum absolute atomic E-state index is 11.8. The van der Waals surface area contributed by atoms with E-state index in [2.05, 4.69) is 10.3 Å². The van der Waals surface area contributed by atoms with Gasteiger partial charge in [-0.2, -0.15) is 0 Å². The SMILES string of the molecule is CN(CC1CCNCC1)c1ncccc1S(C)(=O)=O. The summed E-state index contributed by atoms with van der Waals surface area (Å²) < 4.78 is 23.5. The van der Waals surface area contributed by atoms with Crippen molar-refractivity contribution < 1.29 is 8.42 Å². The molecule has 1 saturated heterocycles. The van der Waals surface area contributed by atoms with Crippen LogP contribution in [0.4, 0.5) is 5.82 Å². The Balaban J connectivity index is 2.16. The summed E-state index contributed by atoms with van der Waals surface area (Å²) >= 11 is 0. The van der Waals surface area contributed by atoms with E-state index in [0.29, 0.717) is 16.6 Å². The van der Waals surface area contributed by atoms with E-state index in [-0.39, 0.29) is 0 Å². The van der Waals surface area contributed by atoms with Crippen molar-refractivity contribution in [3.8, 4) is 0 Å². The van der Waals surface area contributed by atoms with Crippen LogP contribution in [0, 0.1) is 5.92 Å². The molecule has 0 radical (unpaired) electrons. The van der Waals surface area contributed by atoms with Crippen LogP contribution in [0.1, 0.15) is 12.8 Å². The molecule has 2 heterocycles. The van der Waals surface area contributed by atoms with Crippen LogP contribution < -0.4 is 10.2 Å². The zero-order valence-electron chi connectivity index (χ0n) is 11.5. The first-order valence-electron chi connectivity index (χ1n) is 6.55. The molecule has 0 aromatic carbocycles. The molecule has 106 valence electrons. The minimum atomic E-state index is -3.24. The van der Waals surface area contributed by atoms with Crippen LogP contribution in [0.3, 0.4) is 0 Å². The Bertz CT molecular complexity index is 524. The predicted octanol–water partition coefficient (Wildman–Crippen LogP) is 0.921. The summed E-state index contributed by atoms with van der Waals surface area (Å²) in [5, 5.41) is 3.33. The Hall–Kier alpha value is -1.14. The van der Waals surface area contributed by atoms with Crippen molar-refractivity contribution in [3.05, 3.63) is 18.3 Å². The lowest BCUT2D eigenvalue weighted by atomic mass is 9.98. The third kappa shape index (κ3) is 3.67. The fourth-order valence-electron chi connectivity index (χ4n) is 2.50. The molecule has 0 aliphatic carbocycles. The molecule has 5 nitrogen and oxygen atoms in total. The predicted molar refractivity (Wildman–Crippen MR) is 76.2 cm³/mol. The highest BCUT2D eigenvalue weighted by Crippen LogP contribution is 2.23. The van der Waals surface area contributed by atoms with Crippen molar-refractivity contribution in [1.82, 2.24) is 10.3 Å². The number of rotatable bonds is 4. The summed E-state index contributed by atoms with van der Waals surface area (Å²) in [6.07, 6.45) is 5.13. The van der Waals surface area contributed by atoms with Crippen LogP contribution in [0.2, 0.25) is 0 Å². The molecule has 1 fully saturated rings. The monoisotopic (exact) mass is 283 g/mol. The summed E-state index contributed by atoms with van der Waals surface area (Å²) in [6, 6.07) is 3.29. The topological polar surface area (TPSA) is 62.3 Å². The number of pyridine rings is 1. The van der Waals surface area contributed by atoms with Crippen molar-refractivity contribution in [2.45, 2.75) is 17.7 Å². The van der Waals surface area contributed by atoms with Crippen LogP contribution in [-0.4, -0.2) is 46.3 Å². The van der Waals surface area contributed by atoms with Crippen molar-refractivity contribution in [2.24, 2.45) is 5.92 Å². The number of piperidine rings is 1. The number of nitrogens with one attached hydrogen (secondary N) is 1. The van der Waals surface area contributed by atoms with Gasteiger partial charge in [0.15, 0.2) is 9.84 Å². The van der Waals surface area contributed by atoms with Gasteiger partial charge in [-0.15, -0.1) is 0 Å². The molecule has 0 amide bonds. The lowest BCUT2D eigenvalue weighted by Gasteiger charge is -2.28. The maximum Gasteiger partial charge on any atom is 0.179 e. The van der Waals surface area contributed by atoms with E-state index >= 15 is 0 Å². The molecule has 0 saturated carbocycles. The van der Waals surface area contributed by atoms with Crippen molar-refractivity contribution in [3.63, 3.8) is 0 Å². The second-order valence-electron chi connectivity index (χ2n) is 5.17. The van der Waals surface area contributed by atoms with Crippen LogP contribution in [0.5, 0.6) is 0 Å². The number of anilines is 1. The van der Waals surface area contributed by atoms with Crippen LogP contribution in [-0.2, 0) is 9.84 Å². The molecular formula is C13H21N3O2S. The minimum absolute atomic E-state index is 0.312. The quantitative estimate of drug-likeness (QED) is 0.890. The fraction of sp³-hybridized carbons (Fsp3) is 0.615. The number of hydrogen-bond donors (Lipinski definition) is 1. The van der Waals surface area contributed by atoms with Gasteiger partial charge >= 0.3 is 0 Å². The molecule has 0 unspecified atom stereocenters. The summed E-state index contributed by atoms with van der Waals surface area (Å²) in [5.41, 5.74) is 0. The normalized spacial score (nSPS) is 17.4. The molecule has 0 spiro atoms. The Morgan fingerprint density at radius 3 is 2.74 bits per heavy atom. The average molecular weight is 283 g/mol. The zero-order chi connectivity index (χ0) is 13.9. The molecule has 1 aliphatic rings. The third-order valence-electron chi connectivity index (χ3n) is 3.50. The van der Waals surface area contributed by atoms with Gasteiger partial charge in [-0.1, -0.05) is 0 Å². The van der Waals surface area contributed by atoms with Crippen molar-refractivity contribution in [2.75, 3.05) is 37.8 Å². The van der Waals surface area contributed by atoms with Gasteiger partial charge < -0.3 is 10.2 Å². The van der Waals surface area contributed by atoms with Crippen LogP contribution in [0.15, 0.2) is 23.2 Å². The molecule has 1 N–H and O–H groups in total. The van der Waals surface area contributed by atoms with Gasteiger partial charge in [-0.05, 0) is 44.0 Å². The van der Waals surface area contributed by atoms with Gasteiger partial charge in [0.1, 0.15) is 10.7 Å². The first kappa shape index (κ1) is 14.3. The van der Waals surface area contributed by atoms with Crippen molar-refractivity contribution in [1.29, 1.82) is 0 Å². The van der Waals surface area contributed by atoms with E-state index in [1.54, 1.807) is 18.3 Å². The zero-order valence-corrected chi connectivity index (χ0v) is 12.3. The number of nitrogens with zero attached hydrogens (tertiary/aromatic N) is 2. The van der Waals surface area contributed by atoms with Crippen molar-refractivity contribution >= 4 is 15.7 Å². The molecule has 1 aliphatic heterocycles. The first-order valence-corrected chi connectivity index (χ1v) is 8.44. The second-order valence-corrected chi connectivity index (χ2v) is 7.16. The van der Waals surface area contributed by atoms with E-state index < -0.39 is 9.84 Å². The molecular weight excluding hydrogens is 262 g/mol. The highest BCUT2D eigenvalue weighted by molar-refractivity contribution is 7.90. The summed E-state index contributed by atoms with van der Waals surface area (Å²) in [6.45, 7) is 2.93. The van der Waals surface area contributed by atoms with Gasteiger partial charge in [0.25, 0.3) is 0 Å². The number of aromatic nitrogens is 1. The Morgan fingerprint density at radius 1 is 1.42 bits per heavy atom. The van der Waals surface area contributed by atoms with E-state index in [1.165, 1.54) is 6.26 Å². The number of sulfone groups is 1. The van der Waals surface area contributed by atoms with Gasteiger partial charge in [-0.3, -0.25) is 0 Å². The van der Waals surface area contributed by atoms with Gasteiger partial charge in [0.2, 0.25) is 0 Å². The first-order chi connectivity index (χ1) is 8.98. The standard InChI is InChI=1S/C13H21N3O2S/c1-16(10-11-5-8-14-9-6-11)13-12(19(2,17)18)4-3-7-15-13/h3-4,7,11,14H,5-6,8-10H2,1-2H3. The van der Waals surface area contributed by atoms with E-state index in [4.69, 9.17) is 0 Å². The Kier molecular flexibility index (Phi) is 4.42. The minimum Gasteiger partial charge on any atom is -0.358 e. The summed E-state index contributed by atoms with van der Waals surface area (Å²) in [7, 11) is -1.32. The largest absolute Gasteiger partial charge is 0.358 e. The average Bonchev–Trinajstić information content (AvgIpc) is 2.39. The molecule has 2 rings (SSSR count). The Labute approximate surface area is 114 Å². The molecule has 19 heavy (non-hydrogen) atoms. The summed E-state index contributed by atoms with van der Waals surface area (Å²) in [5.74, 6) is 1.16. The maximum atomic E-state index is 11.8. The van der Waals surface area contributed by atoms with E-state index in [1.807, 2.05) is 11.9 Å². The molecule has 0 bridgehead atoms. The van der Waals surface area contributed by atoms with Crippen LogP contribution >= 0.6 is 0 Å². The van der Waals surface area contributed by atoms with E-state index in [0.717, 1.165) is 32.5 Å². The molecule has 0 atom stereocenters. The smallest absolute Gasteiger partial charge is 0.179 e. The number of hydrogen-bond acceptors (Lipinski definition) is 5. The van der Waals surface area contributed by atoms with E-state index in [9.17, 15) is 8.42 Å². The van der Waals surface area contributed by atoms with Gasteiger partial charge in [0.05, 0.1) is 0 Å². The molecule has 1 aromatic heterocycles. The second kappa shape index (κ2) is 5.88. The van der Waals surface area contributed by atoms with Gasteiger partial charge in [-0.25, -0.2) is 13.4 Å². The lowest BCUT2D eigenvalue weighted by molar-refractivity contribution is 0.377. The lowest BCUT2D eigenvalue weighted by Crippen LogP contribution is -2.35. The molecule has 6 heteroatoms. The third-order valence-corrected chi connectivity index (χ3v) is 4.62. The highest BCUT2D eigenvalue weighted by Gasteiger charge is 2.20.